The fourth-order valence-electron chi connectivity index (χ4n) is 2.24. The largest absolute Gasteiger partial charge is 0.377 e. The molecular formula is C18H19N3OS. The molecule has 0 aliphatic carbocycles. The number of thiazole rings is 1. The van der Waals surface area contributed by atoms with Crippen LogP contribution in [0.15, 0.2) is 48.0 Å². The summed E-state index contributed by atoms with van der Waals surface area (Å²) in [5.41, 5.74) is 4.54. The number of ether oxygens (including phenoxy) is 1. The number of benzene rings is 1. The summed E-state index contributed by atoms with van der Waals surface area (Å²) in [5.74, 6) is 0.802. The third-order valence-electron chi connectivity index (χ3n) is 3.50. The van der Waals surface area contributed by atoms with Gasteiger partial charge >= 0.3 is 0 Å². The zero-order valence-corrected chi connectivity index (χ0v) is 14.1. The number of nitrogens with one attached hydrogen (secondary N) is 1. The zero-order chi connectivity index (χ0) is 16.1. The summed E-state index contributed by atoms with van der Waals surface area (Å²) in [6, 6.07) is 12.1. The van der Waals surface area contributed by atoms with Gasteiger partial charge in [-0.1, -0.05) is 18.2 Å². The molecule has 0 unspecified atom stereocenters. The number of aryl methyl sites for hydroxylation is 1. The molecule has 0 fully saturated rings. The number of hydrogen-bond acceptors (Lipinski definition) is 5. The molecule has 1 aromatic carbocycles. The predicted octanol–water partition coefficient (Wildman–Crippen LogP) is 4.79. The lowest BCUT2D eigenvalue weighted by molar-refractivity contribution is 0.133. The van der Waals surface area contributed by atoms with Gasteiger partial charge in [-0.05, 0) is 43.2 Å². The summed E-state index contributed by atoms with van der Waals surface area (Å²) in [7, 11) is 0. The molecule has 0 radical (unpaired) electrons. The van der Waals surface area contributed by atoms with Gasteiger partial charge in [-0.3, -0.25) is 0 Å². The molecular weight excluding hydrogens is 306 g/mol. The molecule has 23 heavy (non-hydrogen) atoms. The molecule has 3 rings (SSSR count). The van der Waals surface area contributed by atoms with E-state index < -0.39 is 0 Å². The fourth-order valence-corrected chi connectivity index (χ4v) is 2.97. The van der Waals surface area contributed by atoms with Crippen LogP contribution in [0.3, 0.4) is 0 Å². The van der Waals surface area contributed by atoms with Gasteiger partial charge in [-0.25, -0.2) is 9.97 Å². The van der Waals surface area contributed by atoms with E-state index in [4.69, 9.17) is 4.74 Å². The van der Waals surface area contributed by atoms with E-state index in [1.807, 2.05) is 25.1 Å². The maximum atomic E-state index is 5.49. The van der Waals surface area contributed by atoms with Gasteiger partial charge in [0.1, 0.15) is 5.82 Å². The highest BCUT2D eigenvalue weighted by atomic mass is 32.1. The minimum Gasteiger partial charge on any atom is -0.377 e. The quantitative estimate of drug-likeness (QED) is 0.707. The second-order valence-corrected chi connectivity index (χ2v) is 6.01. The SMILES string of the molecule is CCOCc1ccc(-c2csc(Nc3ccccn3)n2)cc1C. The van der Waals surface area contributed by atoms with Crippen LogP contribution in [0.4, 0.5) is 10.9 Å². The average Bonchev–Trinajstić information content (AvgIpc) is 3.03. The molecule has 118 valence electrons. The first-order chi connectivity index (χ1) is 11.3. The molecule has 2 aromatic heterocycles. The molecule has 0 aliphatic heterocycles. The van der Waals surface area contributed by atoms with Gasteiger partial charge in [0, 0.05) is 23.7 Å². The van der Waals surface area contributed by atoms with Gasteiger partial charge < -0.3 is 10.1 Å². The Hall–Kier alpha value is -2.24. The van der Waals surface area contributed by atoms with Crippen molar-refractivity contribution in [1.82, 2.24) is 9.97 Å². The molecule has 0 saturated carbocycles. The Morgan fingerprint density at radius 3 is 2.87 bits per heavy atom. The van der Waals surface area contributed by atoms with E-state index in [9.17, 15) is 0 Å². The van der Waals surface area contributed by atoms with Gasteiger partial charge in [0.25, 0.3) is 0 Å². The molecule has 5 heteroatoms. The Morgan fingerprint density at radius 2 is 2.13 bits per heavy atom. The summed E-state index contributed by atoms with van der Waals surface area (Å²) in [6.07, 6.45) is 1.76. The Bertz CT molecular complexity index is 771. The minimum absolute atomic E-state index is 0.659. The van der Waals surface area contributed by atoms with Crippen molar-refractivity contribution in [1.29, 1.82) is 0 Å². The van der Waals surface area contributed by atoms with Crippen LogP contribution in [0, 0.1) is 6.92 Å². The monoisotopic (exact) mass is 325 g/mol. The molecule has 0 amide bonds. The van der Waals surface area contributed by atoms with E-state index >= 15 is 0 Å². The molecule has 0 aliphatic rings. The third kappa shape index (κ3) is 3.94. The normalized spacial score (nSPS) is 10.7. The molecule has 0 spiro atoms. The summed E-state index contributed by atoms with van der Waals surface area (Å²) < 4.78 is 5.49. The van der Waals surface area contributed by atoms with Crippen LogP contribution in [0.5, 0.6) is 0 Å². The van der Waals surface area contributed by atoms with Gasteiger partial charge in [-0.2, -0.15) is 0 Å². The van der Waals surface area contributed by atoms with Crippen molar-refractivity contribution in [3.8, 4) is 11.3 Å². The van der Waals surface area contributed by atoms with Crippen molar-refractivity contribution in [2.24, 2.45) is 0 Å². The highest BCUT2D eigenvalue weighted by Crippen LogP contribution is 2.28. The van der Waals surface area contributed by atoms with Gasteiger partial charge in [0.15, 0.2) is 5.13 Å². The summed E-state index contributed by atoms with van der Waals surface area (Å²) in [6.45, 7) is 5.51. The number of rotatable bonds is 6. The van der Waals surface area contributed by atoms with Crippen molar-refractivity contribution >= 4 is 22.3 Å². The number of nitrogens with zero attached hydrogens (tertiary/aromatic N) is 2. The van der Waals surface area contributed by atoms with E-state index in [0.29, 0.717) is 6.61 Å². The molecule has 1 N–H and O–H groups in total. The van der Waals surface area contributed by atoms with E-state index in [2.05, 4.69) is 45.8 Å². The summed E-state index contributed by atoms with van der Waals surface area (Å²) in [4.78, 5) is 8.90. The van der Waals surface area contributed by atoms with Crippen LogP contribution in [0.1, 0.15) is 18.1 Å². The minimum atomic E-state index is 0.659. The Balaban J connectivity index is 1.76. The Morgan fingerprint density at radius 1 is 1.22 bits per heavy atom. The molecule has 0 atom stereocenters. The second kappa shape index (κ2) is 7.35. The molecule has 3 aromatic rings. The Kier molecular flexibility index (Phi) is 5.00. The van der Waals surface area contributed by atoms with E-state index in [1.54, 1.807) is 17.5 Å². The highest BCUT2D eigenvalue weighted by Gasteiger charge is 2.07. The van der Waals surface area contributed by atoms with E-state index in [-0.39, 0.29) is 0 Å². The van der Waals surface area contributed by atoms with Crippen LogP contribution in [0.25, 0.3) is 11.3 Å². The first-order valence-electron chi connectivity index (χ1n) is 7.57. The Labute approximate surface area is 140 Å². The maximum Gasteiger partial charge on any atom is 0.188 e. The lowest BCUT2D eigenvalue weighted by atomic mass is 10.0. The van der Waals surface area contributed by atoms with Gasteiger partial charge in [-0.15, -0.1) is 11.3 Å². The van der Waals surface area contributed by atoms with Crippen LogP contribution < -0.4 is 5.32 Å². The molecule has 0 saturated heterocycles. The topological polar surface area (TPSA) is 47.0 Å². The third-order valence-corrected chi connectivity index (χ3v) is 4.26. The summed E-state index contributed by atoms with van der Waals surface area (Å²) >= 11 is 1.58. The molecule has 2 heterocycles. The van der Waals surface area contributed by atoms with E-state index in [1.165, 1.54) is 11.1 Å². The van der Waals surface area contributed by atoms with Gasteiger partial charge in [0.05, 0.1) is 12.3 Å². The standard InChI is InChI=1S/C18H19N3OS/c1-3-22-11-15-8-7-14(10-13(15)2)16-12-23-18(20-16)21-17-6-4-5-9-19-17/h4-10,12H,3,11H2,1-2H3,(H,19,20,21). The van der Waals surface area contributed by atoms with Gasteiger partial charge in [0.2, 0.25) is 0 Å². The van der Waals surface area contributed by atoms with Crippen molar-refractivity contribution in [2.45, 2.75) is 20.5 Å². The first kappa shape index (κ1) is 15.6. The molecule has 0 bridgehead atoms. The number of pyridine rings is 1. The van der Waals surface area contributed by atoms with Crippen molar-refractivity contribution in [3.05, 3.63) is 59.1 Å². The highest BCUT2D eigenvalue weighted by molar-refractivity contribution is 7.14. The van der Waals surface area contributed by atoms with Crippen molar-refractivity contribution in [2.75, 3.05) is 11.9 Å². The number of hydrogen-bond donors (Lipinski definition) is 1. The van der Waals surface area contributed by atoms with Crippen LogP contribution in [-0.2, 0) is 11.3 Å². The average molecular weight is 325 g/mol. The predicted molar refractivity (Wildman–Crippen MR) is 95.1 cm³/mol. The van der Waals surface area contributed by atoms with Crippen molar-refractivity contribution < 1.29 is 4.74 Å². The van der Waals surface area contributed by atoms with Crippen LogP contribution in [-0.4, -0.2) is 16.6 Å². The molecule has 4 nitrogen and oxygen atoms in total. The number of anilines is 2. The zero-order valence-electron chi connectivity index (χ0n) is 13.2. The lowest BCUT2D eigenvalue weighted by Crippen LogP contribution is -1.95. The fraction of sp³-hybridized carbons (Fsp3) is 0.222. The first-order valence-corrected chi connectivity index (χ1v) is 8.45. The number of aromatic nitrogens is 2. The van der Waals surface area contributed by atoms with Crippen LogP contribution >= 0.6 is 11.3 Å². The smallest absolute Gasteiger partial charge is 0.188 e. The van der Waals surface area contributed by atoms with E-state index in [0.717, 1.165) is 28.8 Å². The maximum absolute atomic E-state index is 5.49. The second-order valence-electron chi connectivity index (χ2n) is 5.16. The van der Waals surface area contributed by atoms with Crippen molar-refractivity contribution in [3.63, 3.8) is 0 Å². The summed E-state index contributed by atoms with van der Waals surface area (Å²) in [5, 5.41) is 6.12. The van der Waals surface area contributed by atoms with Crippen LogP contribution in [0.2, 0.25) is 0 Å². The lowest BCUT2D eigenvalue weighted by Gasteiger charge is -2.07.